The van der Waals surface area contributed by atoms with Gasteiger partial charge in [-0.2, -0.15) is 8.42 Å². The van der Waals surface area contributed by atoms with Crippen molar-refractivity contribution in [3.05, 3.63) is 30.3 Å². The van der Waals surface area contributed by atoms with E-state index in [0.29, 0.717) is 6.61 Å². The van der Waals surface area contributed by atoms with Gasteiger partial charge in [0, 0.05) is 0 Å². The monoisotopic (exact) mass is 324 g/mol. The van der Waals surface area contributed by atoms with E-state index in [4.69, 9.17) is 4.89 Å². The summed E-state index contributed by atoms with van der Waals surface area (Å²) in [5.74, 6) is 0. The molecule has 0 spiro atoms. The first-order chi connectivity index (χ1) is 9.67. The number of benzene rings is 1. The molecular formula is C15H25NaO4S. The van der Waals surface area contributed by atoms with Crippen LogP contribution in [0, 0.1) is 0 Å². The number of rotatable bonds is 11. The van der Waals surface area contributed by atoms with Gasteiger partial charge >= 0.3 is 39.7 Å². The molecule has 0 bridgehead atoms. The van der Waals surface area contributed by atoms with E-state index in [-0.39, 0.29) is 35.9 Å². The molecule has 0 atom stereocenters. The quantitative estimate of drug-likeness (QED) is 0.266. The smallest absolute Gasteiger partial charge is 1.00 e. The Balaban J connectivity index is 0. The molecule has 0 aromatic heterocycles. The summed E-state index contributed by atoms with van der Waals surface area (Å²) in [6.07, 6.45) is 8.06. The predicted octanol–water partition coefficient (Wildman–Crippen LogP) is 1.19. The Morgan fingerprint density at radius 2 is 1.52 bits per heavy atom. The van der Waals surface area contributed by atoms with Crippen LogP contribution in [0.2, 0.25) is 0 Å². The first kappa shape index (κ1) is 21.1. The van der Waals surface area contributed by atoms with Crippen LogP contribution in [-0.2, 0) is 19.3 Å². The minimum atomic E-state index is -3.79. The Hall–Kier alpha value is 0.0900. The van der Waals surface area contributed by atoms with E-state index in [1.165, 1.54) is 37.8 Å². The van der Waals surface area contributed by atoms with E-state index in [9.17, 15) is 8.42 Å². The van der Waals surface area contributed by atoms with Gasteiger partial charge in [0.05, 0.1) is 11.5 Å². The van der Waals surface area contributed by atoms with Gasteiger partial charge in [0.2, 0.25) is 0 Å². The van der Waals surface area contributed by atoms with Crippen LogP contribution in [0.15, 0.2) is 35.2 Å². The van der Waals surface area contributed by atoms with Gasteiger partial charge in [-0.15, -0.1) is 4.33 Å². The van der Waals surface area contributed by atoms with Crippen LogP contribution in [-0.4, -0.2) is 15.0 Å². The van der Waals surface area contributed by atoms with E-state index < -0.39 is 10.1 Å². The molecule has 1 rings (SSSR count). The Bertz CT molecular complexity index is 454. The summed E-state index contributed by atoms with van der Waals surface area (Å²) in [4.78, 5) is 4.90. The molecule has 21 heavy (non-hydrogen) atoms. The standard InChI is InChI=1S/C15H24O4S.Na.H/c1-2-3-4-5-6-7-11-14-18-19-20(16,17)15-12-9-8-10-13-15;;/h8-10,12-13H,2-7,11,14H2,1H3;;/q;+1;-1. The maximum Gasteiger partial charge on any atom is 1.00 e. The van der Waals surface area contributed by atoms with Crippen LogP contribution in [0.1, 0.15) is 53.3 Å². The van der Waals surface area contributed by atoms with Gasteiger partial charge in [-0.1, -0.05) is 63.6 Å². The SMILES string of the molecule is CCCCCCCCCOOS(=O)(=O)c1ccccc1.[H-].[Na+]. The molecule has 0 aliphatic heterocycles. The fourth-order valence-electron chi connectivity index (χ4n) is 1.84. The van der Waals surface area contributed by atoms with Crippen LogP contribution in [0.4, 0.5) is 0 Å². The number of hydrogen-bond donors (Lipinski definition) is 0. The van der Waals surface area contributed by atoms with Crippen LogP contribution >= 0.6 is 0 Å². The Morgan fingerprint density at radius 3 is 2.14 bits per heavy atom. The zero-order chi connectivity index (χ0) is 14.7. The number of unbranched alkanes of at least 4 members (excludes halogenated alkanes) is 6. The Morgan fingerprint density at radius 1 is 0.952 bits per heavy atom. The van der Waals surface area contributed by atoms with Crippen molar-refractivity contribution < 1.29 is 48.6 Å². The van der Waals surface area contributed by atoms with E-state index in [1.807, 2.05) is 0 Å². The molecular weight excluding hydrogens is 299 g/mol. The van der Waals surface area contributed by atoms with Crippen molar-refractivity contribution in [1.29, 1.82) is 0 Å². The average Bonchev–Trinajstić information content (AvgIpc) is 2.46. The van der Waals surface area contributed by atoms with Crippen LogP contribution < -0.4 is 29.6 Å². The summed E-state index contributed by atoms with van der Waals surface area (Å²) in [6.45, 7) is 2.50. The maximum absolute atomic E-state index is 11.7. The van der Waals surface area contributed by atoms with Gasteiger partial charge in [0.25, 0.3) is 0 Å². The second kappa shape index (κ2) is 12.6. The molecule has 0 N–H and O–H groups in total. The van der Waals surface area contributed by atoms with Crippen molar-refractivity contribution >= 4 is 10.1 Å². The fourth-order valence-corrected chi connectivity index (χ4v) is 2.61. The molecule has 0 radical (unpaired) electrons. The van der Waals surface area contributed by atoms with Crippen LogP contribution in [0.5, 0.6) is 0 Å². The van der Waals surface area contributed by atoms with Crippen LogP contribution in [0.3, 0.4) is 0 Å². The van der Waals surface area contributed by atoms with E-state index >= 15 is 0 Å². The second-order valence-electron chi connectivity index (χ2n) is 4.78. The molecule has 0 saturated carbocycles. The molecule has 0 amide bonds. The van der Waals surface area contributed by atoms with Crippen molar-refractivity contribution in [3.8, 4) is 0 Å². The predicted molar refractivity (Wildman–Crippen MR) is 79.8 cm³/mol. The van der Waals surface area contributed by atoms with Crippen molar-refractivity contribution in [2.24, 2.45) is 0 Å². The Labute approximate surface area is 152 Å². The Kier molecular flexibility index (Phi) is 12.7. The molecule has 116 valence electrons. The van der Waals surface area contributed by atoms with Gasteiger partial charge in [-0.3, -0.25) is 0 Å². The van der Waals surface area contributed by atoms with Crippen molar-refractivity contribution in [2.45, 2.75) is 56.8 Å². The summed E-state index contributed by atoms with van der Waals surface area (Å²) in [7, 11) is -3.79. The molecule has 6 heteroatoms. The van der Waals surface area contributed by atoms with Gasteiger partial charge in [-0.25, -0.2) is 4.89 Å². The molecule has 0 heterocycles. The minimum Gasteiger partial charge on any atom is -1.00 e. The summed E-state index contributed by atoms with van der Waals surface area (Å²) in [5.41, 5.74) is 0. The molecule has 0 fully saturated rings. The second-order valence-corrected chi connectivity index (χ2v) is 6.29. The molecule has 0 unspecified atom stereocenters. The van der Waals surface area contributed by atoms with Gasteiger partial charge < -0.3 is 1.43 Å². The summed E-state index contributed by atoms with van der Waals surface area (Å²) < 4.78 is 27.9. The first-order valence-electron chi connectivity index (χ1n) is 7.28. The van der Waals surface area contributed by atoms with Gasteiger partial charge in [-0.05, 0) is 18.6 Å². The first-order valence-corrected chi connectivity index (χ1v) is 8.69. The van der Waals surface area contributed by atoms with E-state index in [1.54, 1.807) is 18.2 Å². The zero-order valence-electron chi connectivity index (χ0n) is 14.1. The third kappa shape index (κ3) is 9.66. The largest absolute Gasteiger partial charge is 1.00 e. The molecule has 0 saturated heterocycles. The van der Waals surface area contributed by atoms with Crippen molar-refractivity contribution in [3.63, 3.8) is 0 Å². The van der Waals surface area contributed by atoms with E-state index in [0.717, 1.165) is 19.3 Å². The molecule has 1 aromatic rings. The minimum absolute atomic E-state index is 0. The third-order valence-electron chi connectivity index (χ3n) is 3.00. The third-order valence-corrected chi connectivity index (χ3v) is 4.13. The van der Waals surface area contributed by atoms with Crippen LogP contribution in [0.25, 0.3) is 0 Å². The fraction of sp³-hybridized carbons (Fsp3) is 0.600. The zero-order valence-corrected chi connectivity index (χ0v) is 15.9. The van der Waals surface area contributed by atoms with Crippen molar-refractivity contribution in [2.75, 3.05) is 6.61 Å². The van der Waals surface area contributed by atoms with E-state index in [2.05, 4.69) is 11.3 Å². The molecule has 0 aliphatic carbocycles. The van der Waals surface area contributed by atoms with Gasteiger partial charge in [0.1, 0.15) is 0 Å². The summed E-state index contributed by atoms with van der Waals surface area (Å²) in [6, 6.07) is 8.00. The summed E-state index contributed by atoms with van der Waals surface area (Å²) in [5, 5.41) is 0. The van der Waals surface area contributed by atoms with Crippen molar-refractivity contribution in [1.82, 2.24) is 0 Å². The normalized spacial score (nSPS) is 11.1. The summed E-state index contributed by atoms with van der Waals surface area (Å²) >= 11 is 0. The molecule has 1 aromatic carbocycles. The molecule has 4 nitrogen and oxygen atoms in total. The molecule has 0 aliphatic rings. The maximum atomic E-state index is 11.7. The topological polar surface area (TPSA) is 52.6 Å². The van der Waals surface area contributed by atoms with Gasteiger partial charge in [0.15, 0.2) is 0 Å². The average molecular weight is 324 g/mol. The number of hydrogen-bond acceptors (Lipinski definition) is 4.